The van der Waals surface area contributed by atoms with Gasteiger partial charge in [-0.25, -0.2) is 0 Å². The third-order valence-electron chi connectivity index (χ3n) is 2.51. The molecule has 1 aliphatic heterocycles. The Labute approximate surface area is 95.2 Å². The van der Waals surface area contributed by atoms with Gasteiger partial charge in [0.15, 0.2) is 0 Å². The van der Waals surface area contributed by atoms with E-state index in [-0.39, 0.29) is 18.6 Å². The van der Waals surface area contributed by atoms with Crippen molar-refractivity contribution in [2.45, 2.75) is 31.8 Å². The summed E-state index contributed by atoms with van der Waals surface area (Å²) in [7, 11) is 0. The molecule has 5 heteroatoms. The van der Waals surface area contributed by atoms with Gasteiger partial charge in [-0.05, 0) is 6.42 Å². The Bertz CT molecular complexity index is 192. The highest BCUT2D eigenvalue weighted by Gasteiger charge is 2.17. The quantitative estimate of drug-likeness (QED) is 0.623. The second-order valence-corrected chi connectivity index (χ2v) is 4.94. The van der Waals surface area contributed by atoms with Gasteiger partial charge in [0.25, 0.3) is 0 Å². The van der Waals surface area contributed by atoms with Crippen LogP contribution in [0.3, 0.4) is 0 Å². The second-order valence-electron chi connectivity index (χ2n) is 3.79. The number of hydrogen-bond donors (Lipinski definition) is 3. The SMILES string of the molecule is CC[C@@H](CO)NC(=O)CC1CSCCN1. The first-order valence-electron chi connectivity index (χ1n) is 5.47. The van der Waals surface area contributed by atoms with Crippen LogP contribution in [-0.4, -0.2) is 47.8 Å². The summed E-state index contributed by atoms with van der Waals surface area (Å²) in [5.41, 5.74) is 0. The zero-order chi connectivity index (χ0) is 11.1. The molecule has 1 fully saturated rings. The molecule has 1 heterocycles. The van der Waals surface area contributed by atoms with E-state index in [1.54, 1.807) is 0 Å². The lowest BCUT2D eigenvalue weighted by atomic mass is 10.2. The summed E-state index contributed by atoms with van der Waals surface area (Å²) in [6.07, 6.45) is 1.29. The van der Waals surface area contributed by atoms with E-state index in [1.165, 1.54) is 0 Å². The third-order valence-corrected chi connectivity index (χ3v) is 3.64. The molecule has 1 rings (SSSR count). The fraction of sp³-hybridized carbons (Fsp3) is 0.900. The average Bonchev–Trinajstić information content (AvgIpc) is 2.27. The molecule has 1 saturated heterocycles. The Morgan fingerprint density at radius 2 is 2.53 bits per heavy atom. The van der Waals surface area contributed by atoms with Crippen LogP contribution in [0.25, 0.3) is 0 Å². The Hall–Kier alpha value is -0.260. The maximum Gasteiger partial charge on any atom is 0.221 e. The van der Waals surface area contributed by atoms with Gasteiger partial charge in [0, 0.05) is 30.5 Å². The van der Waals surface area contributed by atoms with Gasteiger partial charge < -0.3 is 15.7 Å². The van der Waals surface area contributed by atoms with Crippen LogP contribution in [0.15, 0.2) is 0 Å². The molecule has 1 amide bonds. The lowest BCUT2D eigenvalue weighted by Crippen LogP contribution is -2.44. The van der Waals surface area contributed by atoms with Gasteiger partial charge in [-0.1, -0.05) is 6.92 Å². The minimum atomic E-state index is -0.0891. The smallest absolute Gasteiger partial charge is 0.221 e. The first kappa shape index (κ1) is 12.8. The minimum absolute atomic E-state index is 0.0229. The number of aliphatic hydroxyl groups is 1. The molecule has 1 unspecified atom stereocenters. The number of carbonyl (C=O) groups excluding carboxylic acids is 1. The summed E-state index contributed by atoms with van der Waals surface area (Å²) in [5.74, 6) is 2.17. The predicted octanol–water partition coefficient (Wildman–Crippen LogP) is -0.0314. The Morgan fingerprint density at radius 1 is 1.73 bits per heavy atom. The summed E-state index contributed by atoms with van der Waals surface area (Å²) >= 11 is 1.88. The molecule has 15 heavy (non-hydrogen) atoms. The van der Waals surface area contributed by atoms with E-state index in [1.807, 2.05) is 18.7 Å². The number of amides is 1. The molecular formula is C10H20N2O2S. The van der Waals surface area contributed by atoms with Crippen LogP contribution in [0.5, 0.6) is 0 Å². The van der Waals surface area contributed by atoms with Crippen LogP contribution >= 0.6 is 11.8 Å². The Balaban J connectivity index is 2.21. The number of nitrogens with one attached hydrogen (secondary N) is 2. The fourth-order valence-electron chi connectivity index (χ4n) is 1.54. The molecule has 4 nitrogen and oxygen atoms in total. The number of hydrogen-bond acceptors (Lipinski definition) is 4. The molecule has 88 valence electrons. The van der Waals surface area contributed by atoms with Crippen molar-refractivity contribution >= 4 is 17.7 Å². The molecule has 3 N–H and O–H groups in total. The average molecular weight is 232 g/mol. The van der Waals surface area contributed by atoms with E-state index < -0.39 is 0 Å². The lowest BCUT2D eigenvalue weighted by molar-refractivity contribution is -0.122. The van der Waals surface area contributed by atoms with Crippen LogP contribution in [0.4, 0.5) is 0 Å². The standard InChI is InChI=1S/C10H20N2O2S/c1-2-8(6-13)12-10(14)5-9-7-15-4-3-11-9/h8-9,11,13H,2-7H2,1H3,(H,12,14)/t8-,9?/m0/s1. The molecule has 1 aliphatic rings. The topological polar surface area (TPSA) is 61.4 Å². The van der Waals surface area contributed by atoms with E-state index in [0.29, 0.717) is 12.5 Å². The van der Waals surface area contributed by atoms with Crippen LogP contribution < -0.4 is 10.6 Å². The Kier molecular flexibility index (Phi) is 6.05. The van der Waals surface area contributed by atoms with Gasteiger partial charge in [0.05, 0.1) is 12.6 Å². The van der Waals surface area contributed by atoms with Gasteiger partial charge >= 0.3 is 0 Å². The van der Waals surface area contributed by atoms with E-state index >= 15 is 0 Å². The maximum atomic E-state index is 11.6. The van der Waals surface area contributed by atoms with Crippen LogP contribution in [0, 0.1) is 0 Å². The van der Waals surface area contributed by atoms with Crippen molar-refractivity contribution in [3.63, 3.8) is 0 Å². The summed E-state index contributed by atoms with van der Waals surface area (Å²) < 4.78 is 0. The van der Waals surface area contributed by atoms with Gasteiger partial charge in [-0.3, -0.25) is 4.79 Å². The Morgan fingerprint density at radius 3 is 3.07 bits per heavy atom. The lowest BCUT2D eigenvalue weighted by Gasteiger charge is -2.23. The van der Waals surface area contributed by atoms with E-state index in [2.05, 4.69) is 10.6 Å². The zero-order valence-electron chi connectivity index (χ0n) is 9.16. The predicted molar refractivity (Wildman–Crippen MR) is 63.0 cm³/mol. The molecule has 0 aromatic rings. The monoisotopic (exact) mass is 232 g/mol. The van der Waals surface area contributed by atoms with Gasteiger partial charge in [0.1, 0.15) is 0 Å². The van der Waals surface area contributed by atoms with Gasteiger partial charge in [0.2, 0.25) is 5.91 Å². The molecule has 0 aromatic carbocycles. The number of rotatable bonds is 5. The number of aliphatic hydroxyl groups excluding tert-OH is 1. The summed E-state index contributed by atoms with van der Waals surface area (Å²) in [5, 5.41) is 15.1. The first-order chi connectivity index (χ1) is 7.26. The van der Waals surface area contributed by atoms with Crippen molar-refractivity contribution in [1.82, 2.24) is 10.6 Å². The van der Waals surface area contributed by atoms with E-state index in [4.69, 9.17) is 5.11 Å². The normalized spacial score (nSPS) is 23.5. The van der Waals surface area contributed by atoms with Crippen LogP contribution in [-0.2, 0) is 4.79 Å². The molecule has 0 radical (unpaired) electrons. The molecule has 0 aliphatic carbocycles. The van der Waals surface area contributed by atoms with Crippen molar-refractivity contribution in [2.24, 2.45) is 0 Å². The molecule has 0 spiro atoms. The third kappa shape index (κ3) is 4.86. The van der Waals surface area contributed by atoms with E-state index in [9.17, 15) is 4.79 Å². The number of carbonyl (C=O) groups is 1. The van der Waals surface area contributed by atoms with Crippen molar-refractivity contribution in [1.29, 1.82) is 0 Å². The fourth-order valence-corrected chi connectivity index (χ4v) is 2.49. The van der Waals surface area contributed by atoms with Gasteiger partial charge in [-0.2, -0.15) is 11.8 Å². The highest BCUT2D eigenvalue weighted by atomic mass is 32.2. The molecule has 0 aromatic heterocycles. The maximum absolute atomic E-state index is 11.6. The summed E-state index contributed by atoms with van der Waals surface area (Å²) in [6.45, 7) is 2.96. The van der Waals surface area contributed by atoms with Crippen LogP contribution in [0.1, 0.15) is 19.8 Å². The van der Waals surface area contributed by atoms with Gasteiger partial charge in [-0.15, -0.1) is 0 Å². The largest absolute Gasteiger partial charge is 0.394 e. The molecule has 0 saturated carbocycles. The summed E-state index contributed by atoms with van der Waals surface area (Å²) in [6, 6.07) is 0.202. The first-order valence-corrected chi connectivity index (χ1v) is 6.63. The van der Waals surface area contributed by atoms with Crippen molar-refractivity contribution in [3.05, 3.63) is 0 Å². The van der Waals surface area contributed by atoms with Crippen LogP contribution in [0.2, 0.25) is 0 Å². The minimum Gasteiger partial charge on any atom is -0.394 e. The molecule has 0 bridgehead atoms. The highest BCUT2D eigenvalue weighted by Crippen LogP contribution is 2.10. The van der Waals surface area contributed by atoms with Crippen molar-refractivity contribution in [3.8, 4) is 0 Å². The highest BCUT2D eigenvalue weighted by molar-refractivity contribution is 7.99. The molecular weight excluding hydrogens is 212 g/mol. The second kappa shape index (κ2) is 7.09. The zero-order valence-corrected chi connectivity index (χ0v) is 9.98. The number of thioether (sulfide) groups is 1. The van der Waals surface area contributed by atoms with Crippen molar-refractivity contribution < 1.29 is 9.90 Å². The van der Waals surface area contributed by atoms with Crippen molar-refractivity contribution in [2.75, 3.05) is 24.7 Å². The summed E-state index contributed by atoms with van der Waals surface area (Å²) in [4.78, 5) is 11.6. The van der Waals surface area contributed by atoms with E-state index in [0.717, 1.165) is 24.5 Å². The molecule has 2 atom stereocenters.